The Morgan fingerprint density at radius 1 is 0.722 bits per heavy atom. The van der Waals surface area contributed by atoms with E-state index >= 15 is 0 Å². The van der Waals surface area contributed by atoms with Crippen LogP contribution in [-0.2, 0) is 19.1 Å². The zero-order chi connectivity index (χ0) is 26.1. The lowest BCUT2D eigenvalue weighted by Crippen LogP contribution is -2.21. The van der Waals surface area contributed by atoms with E-state index in [9.17, 15) is 14.4 Å². The number of carbonyl (C=O) groups excluding carboxylic acids is 3. The van der Waals surface area contributed by atoms with Gasteiger partial charge in [0.25, 0.3) is 5.91 Å². The van der Waals surface area contributed by atoms with E-state index in [4.69, 9.17) is 55.9 Å². The molecule has 0 heterocycles. The Hall–Kier alpha value is -2.97. The third-order valence-corrected chi connectivity index (χ3v) is 5.71. The van der Waals surface area contributed by atoms with E-state index in [2.05, 4.69) is 10.6 Å². The second kappa shape index (κ2) is 13.4. The highest BCUT2D eigenvalue weighted by Crippen LogP contribution is 2.32. The largest absolute Gasteiger partial charge is 0.456 e. The van der Waals surface area contributed by atoms with Gasteiger partial charge in [-0.2, -0.15) is 0 Å². The van der Waals surface area contributed by atoms with Gasteiger partial charge in [-0.1, -0.05) is 46.4 Å². The lowest BCUT2D eigenvalue weighted by Gasteiger charge is -2.10. The van der Waals surface area contributed by atoms with Gasteiger partial charge in [0, 0.05) is 28.6 Å². The van der Waals surface area contributed by atoms with E-state index in [0.29, 0.717) is 43.0 Å². The predicted molar refractivity (Wildman–Crippen MR) is 142 cm³/mol. The number of anilines is 2. The number of benzene rings is 3. The van der Waals surface area contributed by atoms with E-state index < -0.39 is 18.5 Å². The molecule has 2 amide bonds. The number of carbonyl (C=O) groups is 3. The number of ether oxygens (including phenoxy) is 2. The molecule has 7 nitrogen and oxygen atoms in total. The second-order valence-corrected chi connectivity index (χ2v) is 9.12. The summed E-state index contributed by atoms with van der Waals surface area (Å²) < 4.78 is 10.6. The van der Waals surface area contributed by atoms with E-state index in [1.165, 1.54) is 12.1 Å². The fourth-order valence-electron chi connectivity index (χ4n) is 2.91. The third-order valence-electron chi connectivity index (χ3n) is 4.61. The highest BCUT2D eigenvalue weighted by molar-refractivity contribution is 6.36. The fourth-order valence-corrected chi connectivity index (χ4v) is 3.69. The second-order valence-electron chi connectivity index (χ2n) is 7.44. The summed E-state index contributed by atoms with van der Waals surface area (Å²) in [6.07, 6.45) is 0.327. The Bertz CT molecular complexity index is 1250. The highest BCUT2D eigenvalue weighted by atomic mass is 35.5. The molecular weight excluding hydrogens is 550 g/mol. The predicted octanol–water partition coefficient (Wildman–Crippen LogP) is 7.38. The summed E-state index contributed by atoms with van der Waals surface area (Å²) in [6, 6.07) is 16.2. The minimum Gasteiger partial charge on any atom is -0.456 e. The van der Waals surface area contributed by atoms with Crippen molar-refractivity contribution in [3.8, 4) is 11.5 Å². The van der Waals surface area contributed by atoms with Crippen LogP contribution in [-0.4, -0.2) is 24.4 Å². The highest BCUT2D eigenvalue weighted by Gasteiger charge is 2.12. The van der Waals surface area contributed by atoms with Crippen molar-refractivity contribution >= 4 is 75.6 Å². The molecule has 0 unspecified atom stereocenters. The smallest absolute Gasteiger partial charge is 0.306 e. The lowest BCUT2D eigenvalue weighted by molar-refractivity contribution is -0.147. The van der Waals surface area contributed by atoms with Gasteiger partial charge in [-0.05, 0) is 67.1 Å². The van der Waals surface area contributed by atoms with Crippen LogP contribution in [0, 0.1) is 0 Å². The molecule has 3 aromatic rings. The first-order valence-electron chi connectivity index (χ1n) is 10.6. The van der Waals surface area contributed by atoms with Gasteiger partial charge in [-0.3, -0.25) is 14.4 Å². The van der Waals surface area contributed by atoms with Crippen molar-refractivity contribution in [2.45, 2.75) is 19.3 Å². The van der Waals surface area contributed by atoms with Gasteiger partial charge in [-0.25, -0.2) is 0 Å². The zero-order valence-corrected chi connectivity index (χ0v) is 21.7. The first kappa shape index (κ1) is 27.6. The first-order valence-corrected chi connectivity index (χ1v) is 12.1. The summed E-state index contributed by atoms with van der Waals surface area (Å²) in [5.41, 5.74) is 0.878. The van der Waals surface area contributed by atoms with Gasteiger partial charge in [0.1, 0.15) is 11.5 Å². The molecule has 0 fully saturated rings. The number of hydrogen-bond acceptors (Lipinski definition) is 5. The molecule has 0 saturated carbocycles. The normalized spacial score (nSPS) is 10.4. The van der Waals surface area contributed by atoms with E-state index in [-0.39, 0.29) is 25.2 Å². The summed E-state index contributed by atoms with van der Waals surface area (Å²) in [5.74, 6) is -0.448. The number of halogens is 4. The molecule has 2 N–H and O–H groups in total. The van der Waals surface area contributed by atoms with Gasteiger partial charge < -0.3 is 20.1 Å². The van der Waals surface area contributed by atoms with Crippen LogP contribution in [0.3, 0.4) is 0 Å². The van der Waals surface area contributed by atoms with E-state index in [0.717, 1.165) is 0 Å². The van der Waals surface area contributed by atoms with Gasteiger partial charge in [0.15, 0.2) is 6.61 Å². The van der Waals surface area contributed by atoms with Gasteiger partial charge in [0.05, 0.1) is 15.7 Å². The van der Waals surface area contributed by atoms with Crippen molar-refractivity contribution in [2.75, 3.05) is 17.2 Å². The molecule has 0 aromatic heterocycles. The summed E-state index contributed by atoms with van der Waals surface area (Å²) >= 11 is 23.8. The quantitative estimate of drug-likeness (QED) is 0.248. The summed E-state index contributed by atoms with van der Waals surface area (Å²) in [4.78, 5) is 36.0. The van der Waals surface area contributed by atoms with E-state index in [1.807, 2.05) is 0 Å². The Morgan fingerprint density at radius 3 is 2.14 bits per heavy atom. The number of esters is 1. The Kier molecular flexibility index (Phi) is 10.3. The molecule has 188 valence electrons. The molecule has 0 aliphatic rings. The van der Waals surface area contributed by atoms with Crippen LogP contribution in [0.25, 0.3) is 0 Å². The topological polar surface area (TPSA) is 93.7 Å². The molecular formula is C25H20Cl4N2O5. The molecule has 0 aliphatic carbocycles. The number of hydrogen-bond donors (Lipinski definition) is 2. The molecule has 3 aromatic carbocycles. The molecule has 0 bridgehead atoms. The summed E-state index contributed by atoms with van der Waals surface area (Å²) in [6.45, 7) is -0.483. The van der Waals surface area contributed by atoms with Crippen LogP contribution in [0.4, 0.5) is 11.4 Å². The van der Waals surface area contributed by atoms with Gasteiger partial charge in [0.2, 0.25) is 5.91 Å². The Morgan fingerprint density at radius 2 is 1.42 bits per heavy atom. The first-order chi connectivity index (χ1) is 17.2. The van der Waals surface area contributed by atoms with Crippen molar-refractivity contribution in [2.24, 2.45) is 0 Å². The van der Waals surface area contributed by atoms with Gasteiger partial charge in [-0.15, -0.1) is 0 Å². The standard InChI is InChI=1S/C25H20Cl4N2O5/c26-15-5-11-22(20(29)12-15)36-18-8-6-17(7-9-18)30-23(32)2-1-3-25(34)35-14-24(33)31-21-13-16(27)4-10-19(21)28/h4-13H,1-3,14H2,(H,30,32)(H,31,33). The molecule has 0 saturated heterocycles. The fraction of sp³-hybridized carbons (Fsp3) is 0.160. The number of nitrogens with one attached hydrogen (secondary N) is 2. The van der Waals surface area contributed by atoms with Crippen molar-refractivity contribution in [3.05, 3.63) is 80.8 Å². The minimum atomic E-state index is -0.600. The van der Waals surface area contributed by atoms with Crippen LogP contribution in [0.1, 0.15) is 19.3 Å². The SMILES string of the molecule is O=C(CCCC(=O)OCC(=O)Nc1cc(Cl)ccc1Cl)Nc1ccc(Oc2ccc(Cl)cc2Cl)cc1. The lowest BCUT2D eigenvalue weighted by atomic mass is 10.2. The van der Waals surface area contributed by atoms with Crippen LogP contribution in [0.5, 0.6) is 11.5 Å². The van der Waals surface area contributed by atoms with Crippen molar-refractivity contribution in [1.82, 2.24) is 0 Å². The average molecular weight is 570 g/mol. The van der Waals surface area contributed by atoms with Crippen LogP contribution in [0.2, 0.25) is 20.1 Å². The molecule has 0 radical (unpaired) electrons. The maximum absolute atomic E-state index is 12.2. The average Bonchev–Trinajstić information content (AvgIpc) is 2.83. The monoisotopic (exact) mass is 568 g/mol. The van der Waals surface area contributed by atoms with Crippen molar-refractivity contribution < 1.29 is 23.9 Å². The molecule has 36 heavy (non-hydrogen) atoms. The van der Waals surface area contributed by atoms with Crippen LogP contribution < -0.4 is 15.4 Å². The molecule has 11 heteroatoms. The summed E-state index contributed by atoms with van der Waals surface area (Å²) in [7, 11) is 0. The maximum Gasteiger partial charge on any atom is 0.306 e. The van der Waals surface area contributed by atoms with Crippen LogP contribution >= 0.6 is 46.4 Å². The number of rotatable bonds is 10. The van der Waals surface area contributed by atoms with Crippen LogP contribution in [0.15, 0.2) is 60.7 Å². The summed E-state index contributed by atoms with van der Waals surface area (Å²) in [5, 5.41) is 6.83. The molecule has 0 spiro atoms. The maximum atomic E-state index is 12.2. The molecule has 0 atom stereocenters. The Balaban J connectivity index is 1.35. The molecule has 3 rings (SSSR count). The minimum absolute atomic E-state index is 0.0206. The number of amides is 2. The van der Waals surface area contributed by atoms with Crippen molar-refractivity contribution in [1.29, 1.82) is 0 Å². The van der Waals surface area contributed by atoms with Gasteiger partial charge >= 0.3 is 5.97 Å². The van der Waals surface area contributed by atoms with Crippen molar-refractivity contribution in [3.63, 3.8) is 0 Å². The van der Waals surface area contributed by atoms with E-state index in [1.54, 1.807) is 48.5 Å². The Labute approximate surface area is 227 Å². The zero-order valence-electron chi connectivity index (χ0n) is 18.7. The molecule has 0 aliphatic heterocycles. The third kappa shape index (κ3) is 8.91.